The lowest BCUT2D eigenvalue weighted by atomic mass is 9.74. The molecular weight excluding hydrogens is 560 g/mol. The first kappa shape index (κ1) is 32.8. The van der Waals surface area contributed by atoms with Crippen molar-refractivity contribution >= 4 is 11.7 Å². The summed E-state index contributed by atoms with van der Waals surface area (Å²) >= 11 is 0. The van der Waals surface area contributed by atoms with Gasteiger partial charge in [0.05, 0.1) is 11.0 Å². The molecule has 0 saturated carbocycles. The summed E-state index contributed by atoms with van der Waals surface area (Å²) < 4.78 is 86.3. The number of hydrogen-bond acceptors (Lipinski definition) is 3. The normalized spacial score (nSPS) is 13.6. The maximum atomic E-state index is 14.8. The van der Waals surface area contributed by atoms with Gasteiger partial charge in [0.25, 0.3) is 0 Å². The molecule has 1 N–H and O–H groups in total. The second kappa shape index (κ2) is 13.1. The van der Waals surface area contributed by atoms with Gasteiger partial charge in [-0.2, -0.15) is 13.2 Å². The molecule has 0 radical (unpaired) electrons. The molecule has 10 heteroatoms. The van der Waals surface area contributed by atoms with Crippen molar-refractivity contribution < 1.29 is 41.0 Å². The molecule has 42 heavy (non-hydrogen) atoms. The summed E-state index contributed by atoms with van der Waals surface area (Å²) in [5.41, 5.74) is -2.02. The quantitative estimate of drug-likeness (QED) is 0.212. The number of ether oxygens (including phenoxy) is 1. The predicted octanol–water partition coefficient (Wildman–Crippen LogP) is 9.47. The van der Waals surface area contributed by atoms with E-state index in [4.69, 9.17) is 0 Å². The zero-order valence-electron chi connectivity index (χ0n) is 23.9. The molecule has 1 atom stereocenters. The summed E-state index contributed by atoms with van der Waals surface area (Å²) in [5, 5.41) is 10.2. The van der Waals surface area contributed by atoms with Gasteiger partial charge in [0.2, 0.25) is 0 Å². The molecule has 3 rings (SSSR count). The van der Waals surface area contributed by atoms with Gasteiger partial charge in [-0.1, -0.05) is 69.7 Å². The van der Waals surface area contributed by atoms with Crippen molar-refractivity contribution in [3.05, 3.63) is 83.4 Å². The van der Waals surface area contributed by atoms with E-state index in [0.717, 1.165) is 0 Å². The highest BCUT2D eigenvalue weighted by atomic mass is 19.4. The molecule has 0 saturated heterocycles. The van der Waals surface area contributed by atoms with Crippen molar-refractivity contribution in [2.75, 3.05) is 11.4 Å². The van der Waals surface area contributed by atoms with E-state index in [-0.39, 0.29) is 41.3 Å². The van der Waals surface area contributed by atoms with Gasteiger partial charge in [0.1, 0.15) is 5.75 Å². The Morgan fingerprint density at radius 3 is 2.07 bits per heavy atom. The molecular formula is C32H35F6NO3. The Labute approximate surface area is 241 Å². The Kier molecular flexibility index (Phi) is 10.2. The van der Waals surface area contributed by atoms with Gasteiger partial charge in [-0.05, 0) is 72.2 Å². The van der Waals surface area contributed by atoms with Gasteiger partial charge < -0.3 is 14.7 Å². The van der Waals surface area contributed by atoms with Crippen LogP contribution >= 0.6 is 0 Å². The van der Waals surface area contributed by atoms with Crippen molar-refractivity contribution in [2.24, 2.45) is 5.92 Å². The highest BCUT2D eigenvalue weighted by molar-refractivity contribution is 5.85. The average molecular weight is 596 g/mol. The van der Waals surface area contributed by atoms with E-state index in [1.807, 2.05) is 18.7 Å². The van der Waals surface area contributed by atoms with Gasteiger partial charge in [-0.3, -0.25) is 4.79 Å². The Morgan fingerprint density at radius 2 is 1.57 bits per heavy atom. The van der Waals surface area contributed by atoms with Gasteiger partial charge in [0, 0.05) is 18.8 Å². The molecule has 0 aliphatic carbocycles. The third kappa shape index (κ3) is 8.20. The van der Waals surface area contributed by atoms with Gasteiger partial charge in [0.15, 0.2) is 0 Å². The summed E-state index contributed by atoms with van der Waals surface area (Å²) in [6.07, 6.45) is -8.70. The number of rotatable bonds is 12. The van der Waals surface area contributed by atoms with Crippen LogP contribution in [0.5, 0.6) is 5.75 Å². The molecule has 0 aliphatic heterocycles. The smallest absolute Gasteiger partial charge is 0.481 e. The van der Waals surface area contributed by atoms with E-state index in [0.29, 0.717) is 30.6 Å². The van der Waals surface area contributed by atoms with Crippen LogP contribution in [0.1, 0.15) is 63.6 Å². The Morgan fingerprint density at radius 1 is 0.952 bits per heavy atom. The molecule has 228 valence electrons. The minimum absolute atomic E-state index is 0.0181. The average Bonchev–Trinajstić information content (AvgIpc) is 2.90. The maximum Gasteiger partial charge on any atom is 0.573 e. The van der Waals surface area contributed by atoms with Crippen LogP contribution in [-0.4, -0.2) is 24.0 Å². The summed E-state index contributed by atoms with van der Waals surface area (Å²) in [6.45, 7) is 7.61. The lowest BCUT2D eigenvalue weighted by molar-refractivity contribution is -0.274. The Bertz CT molecular complexity index is 1340. The third-order valence-corrected chi connectivity index (χ3v) is 7.18. The van der Waals surface area contributed by atoms with Crippen LogP contribution in [0, 0.1) is 5.92 Å². The number of alkyl halides is 6. The number of carboxylic acid groups (broad SMARTS) is 1. The number of halogens is 6. The van der Waals surface area contributed by atoms with Crippen LogP contribution in [0.3, 0.4) is 0 Å². The highest BCUT2D eigenvalue weighted by Crippen LogP contribution is 2.47. The lowest BCUT2D eigenvalue weighted by Gasteiger charge is -2.33. The maximum absolute atomic E-state index is 14.8. The largest absolute Gasteiger partial charge is 0.573 e. The first-order valence-corrected chi connectivity index (χ1v) is 13.7. The minimum atomic E-state index is -4.85. The van der Waals surface area contributed by atoms with Crippen LogP contribution in [0.25, 0.3) is 11.1 Å². The SMILES string of the molecule is CCCC(C)(C(=O)O)c1cc(N(CCC(C)C)Cc2ccc(OC(F)(F)F)cc2)cc(-c2ccccc2)c1C(F)(F)F. The third-order valence-electron chi connectivity index (χ3n) is 7.18. The van der Waals surface area contributed by atoms with Crippen LogP contribution in [0.2, 0.25) is 0 Å². The Balaban J connectivity index is 2.26. The standard InChI is InChI=1S/C32H35F6NO3/c1-5-16-30(4,29(40)41)27-19-24(18-26(28(27)31(33,34)35)23-9-7-6-8-10-23)39(17-15-21(2)3)20-22-11-13-25(14-12-22)42-32(36,37)38/h6-14,18-19,21H,5,15-17,20H2,1-4H3,(H,40,41). The molecule has 0 bridgehead atoms. The summed E-state index contributed by atoms with van der Waals surface area (Å²) in [4.78, 5) is 14.4. The second-order valence-corrected chi connectivity index (χ2v) is 11.0. The molecule has 0 spiro atoms. The van der Waals surface area contributed by atoms with E-state index in [9.17, 15) is 36.2 Å². The first-order valence-electron chi connectivity index (χ1n) is 13.7. The van der Waals surface area contributed by atoms with Gasteiger partial charge >= 0.3 is 18.5 Å². The fourth-order valence-corrected chi connectivity index (χ4v) is 4.98. The van der Waals surface area contributed by atoms with Crippen molar-refractivity contribution in [2.45, 2.75) is 71.5 Å². The molecule has 1 unspecified atom stereocenters. The number of carboxylic acids is 1. The van der Waals surface area contributed by atoms with Crippen LogP contribution in [0.15, 0.2) is 66.7 Å². The number of anilines is 1. The molecule has 0 aliphatic rings. The van der Waals surface area contributed by atoms with Crippen molar-refractivity contribution in [1.29, 1.82) is 0 Å². The lowest BCUT2D eigenvalue weighted by Crippen LogP contribution is -2.35. The number of aliphatic carboxylic acids is 1. The van der Waals surface area contributed by atoms with Gasteiger partial charge in [-0.15, -0.1) is 13.2 Å². The number of nitrogens with zero attached hydrogens (tertiary/aromatic N) is 1. The summed E-state index contributed by atoms with van der Waals surface area (Å²) in [5.74, 6) is -1.51. The first-order chi connectivity index (χ1) is 19.5. The Hall–Kier alpha value is -3.69. The van der Waals surface area contributed by atoms with E-state index in [1.54, 1.807) is 37.3 Å². The summed E-state index contributed by atoms with van der Waals surface area (Å²) in [6, 6.07) is 16.0. The number of benzene rings is 3. The molecule has 0 aromatic heterocycles. The molecule has 0 amide bonds. The topological polar surface area (TPSA) is 49.8 Å². The van der Waals surface area contributed by atoms with E-state index < -0.39 is 29.5 Å². The highest BCUT2D eigenvalue weighted by Gasteiger charge is 2.45. The van der Waals surface area contributed by atoms with Crippen molar-refractivity contribution in [3.63, 3.8) is 0 Å². The molecule has 3 aromatic carbocycles. The van der Waals surface area contributed by atoms with Crippen molar-refractivity contribution in [3.8, 4) is 16.9 Å². The molecule has 0 heterocycles. The molecule has 3 aromatic rings. The summed E-state index contributed by atoms with van der Waals surface area (Å²) in [7, 11) is 0. The van der Waals surface area contributed by atoms with E-state index >= 15 is 0 Å². The van der Waals surface area contributed by atoms with Crippen LogP contribution in [-0.2, 0) is 22.9 Å². The number of carbonyl (C=O) groups is 1. The predicted molar refractivity (Wildman–Crippen MR) is 150 cm³/mol. The zero-order valence-corrected chi connectivity index (χ0v) is 23.9. The van der Waals surface area contributed by atoms with E-state index in [2.05, 4.69) is 4.74 Å². The number of hydrogen-bond donors (Lipinski definition) is 1. The van der Waals surface area contributed by atoms with E-state index in [1.165, 1.54) is 43.3 Å². The van der Waals surface area contributed by atoms with Gasteiger partial charge in [-0.25, -0.2) is 0 Å². The molecule has 0 fully saturated rings. The fourth-order valence-electron chi connectivity index (χ4n) is 4.98. The second-order valence-electron chi connectivity index (χ2n) is 11.0. The van der Waals surface area contributed by atoms with Crippen LogP contribution < -0.4 is 9.64 Å². The monoisotopic (exact) mass is 595 g/mol. The molecule has 4 nitrogen and oxygen atoms in total. The van der Waals surface area contributed by atoms with Crippen molar-refractivity contribution in [1.82, 2.24) is 0 Å². The fraction of sp³-hybridized carbons (Fsp3) is 0.406. The van der Waals surface area contributed by atoms with Crippen LogP contribution in [0.4, 0.5) is 32.0 Å². The zero-order chi connectivity index (χ0) is 31.3. The minimum Gasteiger partial charge on any atom is -0.481 e.